The van der Waals surface area contributed by atoms with Crippen LogP contribution in [0.2, 0.25) is 0 Å². The van der Waals surface area contributed by atoms with Crippen LogP contribution in [0.5, 0.6) is 0 Å². The molecule has 0 saturated carbocycles. The van der Waals surface area contributed by atoms with E-state index in [0.29, 0.717) is 13.2 Å². The first-order valence-electron chi connectivity index (χ1n) is 13.4. The minimum absolute atomic E-state index is 0.0405. The van der Waals surface area contributed by atoms with E-state index in [1.807, 2.05) is 0 Å². The van der Waals surface area contributed by atoms with E-state index in [4.69, 9.17) is 23.5 Å². The molecule has 2 aliphatic heterocycles. The molecule has 8 heteroatoms. The summed E-state index contributed by atoms with van der Waals surface area (Å²) in [6, 6.07) is 0. The molecule has 2 aliphatic rings. The van der Waals surface area contributed by atoms with Gasteiger partial charge in [0.15, 0.2) is 12.6 Å². The van der Waals surface area contributed by atoms with Crippen LogP contribution in [0.4, 0.5) is 0 Å². The third-order valence-electron chi connectivity index (χ3n) is 6.84. The van der Waals surface area contributed by atoms with Crippen LogP contribution < -0.4 is 0 Å². The van der Waals surface area contributed by atoms with Crippen molar-refractivity contribution in [2.24, 2.45) is 10.8 Å². The molecule has 2 fully saturated rings. The Labute approximate surface area is 208 Å². The Morgan fingerprint density at radius 2 is 1.32 bits per heavy atom. The van der Waals surface area contributed by atoms with Gasteiger partial charge in [-0.3, -0.25) is 0 Å². The zero-order chi connectivity index (χ0) is 24.9. The molecular weight excluding hydrogens is 455 g/mol. The molecule has 0 radical (unpaired) electrons. The maximum absolute atomic E-state index is 11.3. The minimum Gasteiger partial charge on any atom is -0.353 e. The Bertz CT molecular complexity index is 557. The van der Waals surface area contributed by atoms with E-state index in [0.717, 1.165) is 83.8 Å². The van der Waals surface area contributed by atoms with Crippen molar-refractivity contribution in [1.82, 2.24) is 0 Å². The lowest BCUT2D eigenvalue weighted by molar-refractivity contribution is -0.177. The summed E-state index contributed by atoms with van der Waals surface area (Å²) in [5.41, 5.74) is 0.129. The van der Waals surface area contributed by atoms with Crippen molar-refractivity contribution in [2.45, 2.75) is 130 Å². The van der Waals surface area contributed by atoms with Gasteiger partial charge in [-0.1, -0.05) is 47.0 Å². The summed E-state index contributed by atoms with van der Waals surface area (Å²) in [4.78, 5) is 9.31. The van der Waals surface area contributed by atoms with Crippen LogP contribution in [-0.2, 0) is 28.0 Å². The van der Waals surface area contributed by atoms with Crippen LogP contribution in [-0.4, -0.2) is 50.0 Å². The number of rotatable bonds is 17. The summed E-state index contributed by atoms with van der Waals surface area (Å²) in [6.07, 6.45) is 12.9. The zero-order valence-electron chi connectivity index (χ0n) is 22.1. The van der Waals surface area contributed by atoms with Crippen molar-refractivity contribution in [3.8, 4) is 0 Å². The van der Waals surface area contributed by atoms with Crippen LogP contribution >= 0.6 is 8.25 Å². The summed E-state index contributed by atoms with van der Waals surface area (Å²) in [5, 5.41) is 0. The van der Waals surface area contributed by atoms with Gasteiger partial charge in [0.1, 0.15) is 6.10 Å². The smallest absolute Gasteiger partial charge is 0.353 e. The van der Waals surface area contributed by atoms with Crippen molar-refractivity contribution < 1.29 is 32.9 Å². The lowest BCUT2D eigenvalue weighted by atomic mass is 9.86. The average molecular weight is 506 g/mol. The fourth-order valence-electron chi connectivity index (χ4n) is 4.63. The van der Waals surface area contributed by atoms with Crippen LogP contribution in [0.15, 0.2) is 0 Å². The number of hydrogen-bond acceptors (Lipinski definition) is 6. The second-order valence-corrected chi connectivity index (χ2v) is 12.3. The van der Waals surface area contributed by atoms with Gasteiger partial charge in [-0.25, -0.2) is 0 Å². The van der Waals surface area contributed by atoms with Gasteiger partial charge in [-0.15, -0.1) is 9.42 Å². The van der Waals surface area contributed by atoms with Gasteiger partial charge in [0, 0.05) is 17.8 Å². The molecule has 34 heavy (non-hydrogen) atoms. The van der Waals surface area contributed by atoms with Gasteiger partial charge >= 0.3 is 8.25 Å². The molecule has 0 amide bonds. The molecule has 0 aromatic heterocycles. The topological polar surface area (TPSA) is 83.5 Å². The van der Waals surface area contributed by atoms with E-state index in [-0.39, 0.29) is 29.5 Å². The Morgan fingerprint density at radius 1 is 0.824 bits per heavy atom. The van der Waals surface area contributed by atoms with E-state index in [2.05, 4.69) is 27.7 Å². The second kappa shape index (κ2) is 15.9. The van der Waals surface area contributed by atoms with Gasteiger partial charge in [-0.05, 0) is 75.0 Å². The van der Waals surface area contributed by atoms with Gasteiger partial charge in [0.05, 0.1) is 13.2 Å². The predicted molar refractivity (Wildman–Crippen MR) is 134 cm³/mol. The molecule has 0 bridgehead atoms. The average Bonchev–Trinajstić information content (AvgIpc) is 2.80. The molecule has 2 heterocycles. The van der Waals surface area contributed by atoms with Gasteiger partial charge in [0.25, 0.3) is 0 Å². The van der Waals surface area contributed by atoms with E-state index in [1.54, 1.807) is 0 Å². The lowest BCUT2D eigenvalue weighted by Crippen LogP contribution is -2.28. The molecule has 2 saturated heterocycles. The van der Waals surface area contributed by atoms with E-state index in [1.165, 1.54) is 12.8 Å². The van der Waals surface area contributed by atoms with Crippen LogP contribution in [0, 0.1) is 10.8 Å². The number of ether oxygens (including phenoxy) is 4. The quantitative estimate of drug-likeness (QED) is 0.170. The van der Waals surface area contributed by atoms with Crippen molar-refractivity contribution in [1.29, 1.82) is 0 Å². The van der Waals surface area contributed by atoms with Gasteiger partial charge in [-0.2, -0.15) is 0 Å². The normalized spacial score (nSPS) is 23.6. The predicted octanol–water partition coefficient (Wildman–Crippen LogP) is 6.89. The molecule has 7 nitrogen and oxygen atoms in total. The van der Waals surface area contributed by atoms with Crippen LogP contribution in [0.1, 0.15) is 111 Å². The first-order valence-corrected chi connectivity index (χ1v) is 14.6. The number of hydrogen-bond donors (Lipinski definition) is 1. The molecule has 0 aromatic carbocycles. The maximum atomic E-state index is 11.3. The molecule has 0 spiro atoms. The fraction of sp³-hybridized carbons (Fsp3) is 1.00. The second-order valence-electron chi connectivity index (χ2n) is 11.6. The lowest BCUT2D eigenvalue weighted by Gasteiger charge is -2.30. The largest absolute Gasteiger partial charge is 0.694 e. The minimum atomic E-state index is -2.58. The first kappa shape index (κ1) is 30.1. The monoisotopic (exact) mass is 505 g/mol. The summed E-state index contributed by atoms with van der Waals surface area (Å²) in [5.74, 6) is 0. The fourth-order valence-corrected chi connectivity index (χ4v) is 5.09. The first-order chi connectivity index (χ1) is 16.2. The summed E-state index contributed by atoms with van der Waals surface area (Å²) in [6.45, 7) is 11.8. The highest BCUT2D eigenvalue weighted by Gasteiger charge is 2.27. The Balaban J connectivity index is 1.62. The highest BCUT2D eigenvalue weighted by Crippen LogP contribution is 2.31. The van der Waals surface area contributed by atoms with Crippen LogP contribution in [0.25, 0.3) is 0 Å². The molecule has 0 aliphatic carbocycles. The van der Waals surface area contributed by atoms with Crippen molar-refractivity contribution in [2.75, 3.05) is 26.4 Å². The third-order valence-corrected chi connectivity index (χ3v) is 7.32. The molecule has 4 atom stereocenters. The highest BCUT2D eigenvalue weighted by atomic mass is 31.1. The van der Waals surface area contributed by atoms with E-state index < -0.39 is 8.25 Å². The number of unbranched alkanes of at least 4 members (excludes halogenated alkanes) is 1. The van der Waals surface area contributed by atoms with E-state index in [9.17, 15) is 9.46 Å². The van der Waals surface area contributed by atoms with Crippen molar-refractivity contribution >= 4 is 8.25 Å². The zero-order valence-corrected chi connectivity index (χ0v) is 23.0. The Hall–Kier alpha value is -0.140. The van der Waals surface area contributed by atoms with Gasteiger partial charge in [0.2, 0.25) is 0 Å². The van der Waals surface area contributed by atoms with Crippen molar-refractivity contribution in [3.05, 3.63) is 0 Å². The highest BCUT2D eigenvalue weighted by molar-refractivity contribution is 7.32. The molecule has 1 N–H and O–H groups in total. The molecule has 4 unspecified atom stereocenters. The van der Waals surface area contributed by atoms with Gasteiger partial charge < -0.3 is 18.9 Å². The molecular formula is C26H50O7P+. The Morgan fingerprint density at radius 3 is 1.79 bits per heavy atom. The summed E-state index contributed by atoms with van der Waals surface area (Å²) >= 11 is 0. The SMILES string of the molecule is CC(C)(CCCCC(CCCC(C)(C)COC1CCCCO1)O[P+](=O)O)COC1CCCCO1. The molecule has 2 rings (SSSR count). The molecule has 200 valence electrons. The van der Waals surface area contributed by atoms with Crippen molar-refractivity contribution in [3.63, 3.8) is 0 Å². The van der Waals surface area contributed by atoms with E-state index >= 15 is 0 Å². The molecule has 0 aromatic rings. The summed E-state index contributed by atoms with van der Waals surface area (Å²) < 4.78 is 40.0. The van der Waals surface area contributed by atoms with Crippen LogP contribution in [0.3, 0.4) is 0 Å². The third kappa shape index (κ3) is 13.8. The maximum Gasteiger partial charge on any atom is 0.694 e. The Kier molecular flexibility index (Phi) is 14.0. The summed E-state index contributed by atoms with van der Waals surface area (Å²) in [7, 11) is -2.58. The standard InChI is InChI=1S/C26H49O7P/c1-25(2,20-31-23-14-6-9-18-29-23)16-8-5-12-22(33-34(27)28)13-11-17-26(3,4)21-32-24-15-7-10-19-30-24/h22-24H,5-21H2,1-4H3/p+1.